The number of fused-ring (bicyclic) bond motifs is 3. The molecule has 0 saturated carbocycles. The van der Waals surface area contributed by atoms with Crippen LogP contribution < -0.4 is 4.74 Å². The first-order valence-corrected chi connectivity index (χ1v) is 12.8. The molecule has 0 saturated heterocycles. The van der Waals surface area contributed by atoms with Gasteiger partial charge in [-0.15, -0.1) is 0 Å². The number of rotatable bonds is 6. The molecule has 164 valence electrons. The number of nitrogens with zero attached hydrogens (tertiary/aromatic N) is 1. The number of aromatic nitrogens is 1. The van der Waals surface area contributed by atoms with E-state index in [0.29, 0.717) is 5.75 Å². The summed E-state index contributed by atoms with van der Waals surface area (Å²) in [5.74, 6) is 1.41. The van der Waals surface area contributed by atoms with Crippen molar-refractivity contribution < 1.29 is 8.95 Å². The summed E-state index contributed by atoms with van der Waals surface area (Å²) < 4.78 is 19.7. The number of nitrogens with one attached hydrogen (secondary N) is 1. The summed E-state index contributed by atoms with van der Waals surface area (Å²) in [6, 6.07) is 24.6. The van der Waals surface area contributed by atoms with Gasteiger partial charge in [-0.25, -0.2) is 0 Å². The molecule has 1 aliphatic heterocycles. The standard InChI is InChI=1S/C26H25BrN2O2S/c1-31-20-10-6-18(7-11-20)16-29-15-14-23-22-4-2-3-5-24(22)28-26(23)25(29)17-32(30)21-12-8-19(27)9-13-21/h2-13,25,28H,14-17H2,1H3/t25-,32?/m1/s1. The maximum Gasteiger partial charge on any atom is 0.118 e. The Hall–Kier alpha value is -2.41. The third kappa shape index (κ3) is 4.27. The molecule has 1 aromatic heterocycles. The smallest absolute Gasteiger partial charge is 0.118 e. The van der Waals surface area contributed by atoms with Crippen LogP contribution >= 0.6 is 15.9 Å². The molecule has 4 nitrogen and oxygen atoms in total. The number of halogens is 1. The monoisotopic (exact) mass is 508 g/mol. The van der Waals surface area contributed by atoms with Crippen LogP contribution in [0, 0.1) is 0 Å². The zero-order valence-electron chi connectivity index (χ0n) is 17.9. The Kier molecular flexibility index (Phi) is 6.17. The normalized spacial score (nSPS) is 17.2. The van der Waals surface area contributed by atoms with Crippen LogP contribution in [0.4, 0.5) is 0 Å². The zero-order chi connectivity index (χ0) is 22.1. The van der Waals surface area contributed by atoms with E-state index in [4.69, 9.17) is 4.74 Å². The molecule has 0 radical (unpaired) electrons. The van der Waals surface area contributed by atoms with Crippen LogP contribution in [0.2, 0.25) is 0 Å². The number of H-pyrrole nitrogens is 1. The molecule has 4 aromatic rings. The summed E-state index contributed by atoms with van der Waals surface area (Å²) in [6.07, 6.45) is 0.983. The van der Waals surface area contributed by atoms with E-state index in [9.17, 15) is 4.21 Å². The van der Waals surface area contributed by atoms with Gasteiger partial charge in [-0.1, -0.05) is 46.3 Å². The first-order chi connectivity index (χ1) is 15.6. The van der Waals surface area contributed by atoms with E-state index in [2.05, 4.69) is 62.2 Å². The van der Waals surface area contributed by atoms with Crippen molar-refractivity contribution in [2.75, 3.05) is 19.4 Å². The van der Waals surface area contributed by atoms with Gasteiger partial charge in [0.15, 0.2) is 0 Å². The molecule has 1 aliphatic rings. The van der Waals surface area contributed by atoms with Gasteiger partial charge in [-0.2, -0.15) is 0 Å². The predicted molar refractivity (Wildman–Crippen MR) is 134 cm³/mol. The Morgan fingerprint density at radius 3 is 2.56 bits per heavy atom. The van der Waals surface area contributed by atoms with Crippen LogP contribution in [0.25, 0.3) is 10.9 Å². The molecule has 1 unspecified atom stereocenters. The van der Waals surface area contributed by atoms with E-state index >= 15 is 0 Å². The Balaban J connectivity index is 1.48. The highest BCUT2D eigenvalue weighted by molar-refractivity contribution is 9.10. The third-order valence-corrected chi connectivity index (χ3v) is 8.15. The van der Waals surface area contributed by atoms with E-state index < -0.39 is 10.8 Å². The van der Waals surface area contributed by atoms with Crippen molar-refractivity contribution in [2.24, 2.45) is 0 Å². The maximum atomic E-state index is 13.4. The Labute approximate surface area is 199 Å². The van der Waals surface area contributed by atoms with Gasteiger partial charge in [0.05, 0.1) is 24.0 Å². The summed E-state index contributed by atoms with van der Waals surface area (Å²) in [4.78, 5) is 6.98. The van der Waals surface area contributed by atoms with Crippen LogP contribution in [-0.4, -0.2) is 33.5 Å². The number of methoxy groups -OCH3 is 1. The van der Waals surface area contributed by atoms with Gasteiger partial charge >= 0.3 is 0 Å². The van der Waals surface area contributed by atoms with Gasteiger partial charge < -0.3 is 9.72 Å². The Bertz CT molecular complexity index is 1250. The highest BCUT2D eigenvalue weighted by atomic mass is 79.9. The number of aromatic amines is 1. The lowest BCUT2D eigenvalue weighted by Crippen LogP contribution is -2.37. The fourth-order valence-corrected chi connectivity index (χ4v) is 6.10. The molecule has 0 amide bonds. The summed E-state index contributed by atoms with van der Waals surface area (Å²) in [6.45, 7) is 1.74. The van der Waals surface area contributed by atoms with E-state index in [1.54, 1.807) is 7.11 Å². The molecule has 5 rings (SSSR count). The molecule has 32 heavy (non-hydrogen) atoms. The average molecular weight is 509 g/mol. The lowest BCUT2D eigenvalue weighted by Gasteiger charge is -2.35. The molecular weight excluding hydrogens is 484 g/mol. The summed E-state index contributed by atoms with van der Waals surface area (Å²) in [7, 11) is 0.581. The van der Waals surface area contributed by atoms with Crippen LogP contribution in [-0.2, 0) is 23.8 Å². The van der Waals surface area contributed by atoms with Gasteiger partial charge in [0.25, 0.3) is 0 Å². The highest BCUT2D eigenvalue weighted by Crippen LogP contribution is 2.36. The highest BCUT2D eigenvalue weighted by Gasteiger charge is 2.32. The van der Waals surface area contributed by atoms with Crippen molar-refractivity contribution >= 4 is 37.6 Å². The Morgan fingerprint density at radius 1 is 1.06 bits per heavy atom. The van der Waals surface area contributed by atoms with Crippen molar-refractivity contribution in [3.05, 3.63) is 94.1 Å². The van der Waals surface area contributed by atoms with Crippen LogP contribution in [0.1, 0.15) is 22.9 Å². The molecule has 2 atom stereocenters. The molecule has 0 aliphatic carbocycles. The van der Waals surface area contributed by atoms with Gasteiger partial charge in [-0.05, 0) is 60.0 Å². The summed E-state index contributed by atoms with van der Waals surface area (Å²) >= 11 is 3.47. The van der Waals surface area contributed by atoms with Gasteiger partial charge in [0.1, 0.15) is 5.75 Å². The minimum atomic E-state index is -1.10. The molecule has 0 bridgehead atoms. The third-order valence-electron chi connectivity index (χ3n) is 6.20. The molecule has 0 spiro atoms. The molecule has 6 heteroatoms. The number of para-hydroxylation sites is 1. The first kappa shape index (κ1) is 21.4. The molecule has 1 N–H and O–H groups in total. The van der Waals surface area contributed by atoms with Crippen molar-refractivity contribution in [3.8, 4) is 5.75 Å². The van der Waals surface area contributed by atoms with Crippen LogP contribution in [0.3, 0.4) is 0 Å². The van der Waals surface area contributed by atoms with Crippen LogP contribution in [0.15, 0.2) is 82.2 Å². The quantitative estimate of drug-likeness (QED) is 0.355. The van der Waals surface area contributed by atoms with Crippen molar-refractivity contribution in [2.45, 2.75) is 23.9 Å². The summed E-state index contributed by atoms with van der Waals surface area (Å²) in [5, 5.41) is 1.28. The number of hydrogen-bond acceptors (Lipinski definition) is 3. The van der Waals surface area contributed by atoms with Crippen LogP contribution in [0.5, 0.6) is 5.75 Å². The lowest BCUT2D eigenvalue weighted by atomic mass is 9.97. The molecule has 3 aromatic carbocycles. The maximum absolute atomic E-state index is 13.4. The number of hydrogen-bond donors (Lipinski definition) is 1. The minimum Gasteiger partial charge on any atom is -0.497 e. The van der Waals surface area contributed by atoms with Crippen molar-refractivity contribution in [1.82, 2.24) is 9.88 Å². The second kappa shape index (κ2) is 9.22. The second-order valence-corrected chi connectivity index (χ2v) is 10.5. The topological polar surface area (TPSA) is 45.3 Å². The second-order valence-electron chi connectivity index (χ2n) is 8.11. The number of benzene rings is 3. The SMILES string of the molecule is COc1ccc(CN2CCc3c([nH]c4ccccc34)[C@H]2CS(=O)c2ccc(Br)cc2)cc1. The largest absolute Gasteiger partial charge is 0.497 e. The van der Waals surface area contributed by atoms with Gasteiger partial charge in [0, 0.05) is 44.8 Å². The van der Waals surface area contributed by atoms with Gasteiger partial charge in [-0.3, -0.25) is 9.11 Å². The van der Waals surface area contributed by atoms with E-state index in [1.807, 2.05) is 36.4 Å². The van der Waals surface area contributed by atoms with E-state index in [1.165, 1.54) is 22.2 Å². The fraction of sp³-hybridized carbons (Fsp3) is 0.231. The number of ether oxygens (including phenoxy) is 1. The molecule has 2 heterocycles. The predicted octanol–water partition coefficient (Wildman–Crippen LogP) is 5.85. The van der Waals surface area contributed by atoms with Crippen molar-refractivity contribution in [1.29, 1.82) is 0 Å². The van der Waals surface area contributed by atoms with Crippen molar-refractivity contribution in [3.63, 3.8) is 0 Å². The van der Waals surface area contributed by atoms with Gasteiger partial charge in [0.2, 0.25) is 0 Å². The fourth-order valence-electron chi connectivity index (χ4n) is 4.54. The lowest BCUT2D eigenvalue weighted by molar-refractivity contribution is 0.189. The molecule has 0 fully saturated rings. The van der Waals surface area contributed by atoms with E-state index in [0.717, 1.165) is 40.1 Å². The van der Waals surface area contributed by atoms with E-state index in [-0.39, 0.29) is 6.04 Å². The minimum absolute atomic E-state index is 0.0535. The molecular formula is C26H25BrN2O2S. The summed E-state index contributed by atoms with van der Waals surface area (Å²) in [5.41, 5.74) is 4.95. The Morgan fingerprint density at radius 2 is 1.81 bits per heavy atom. The zero-order valence-corrected chi connectivity index (χ0v) is 20.3. The first-order valence-electron chi connectivity index (χ1n) is 10.7. The average Bonchev–Trinajstić information content (AvgIpc) is 3.20.